The Labute approximate surface area is 146 Å². The molecule has 0 radical (unpaired) electrons. The lowest BCUT2D eigenvalue weighted by atomic mass is 9.97. The number of furan rings is 1. The van der Waals surface area contributed by atoms with E-state index in [1.165, 1.54) is 0 Å². The summed E-state index contributed by atoms with van der Waals surface area (Å²) in [5.41, 5.74) is 0.798. The molecule has 6 nitrogen and oxygen atoms in total. The third kappa shape index (κ3) is 3.85. The van der Waals surface area contributed by atoms with E-state index < -0.39 is 11.9 Å². The lowest BCUT2D eigenvalue weighted by Crippen LogP contribution is -2.50. The number of carboxylic acid groups (broad SMARTS) is 1. The molecule has 6 heteroatoms. The summed E-state index contributed by atoms with van der Waals surface area (Å²) >= 11 is 0. The highest BCUT2D eigenvalue weighted by molar-refractivity contribution is 5.82. The lowest BCUT2D eigenvalue weighted by molar-refractivity contribution is -0.145. The lowest BCUT2D eigenvalue weighted by Gasteiger charge is -2.34. The van der Waals surface area contributed by atoms with E-state index in [1.807, 2.05) is 49.1 Å². The fourth-order valence-corrected chi connectivity index (χ4v) is 3.35. The number of piperidine rings is 1. The second-order valence-electron chi connectivity index (χ2n) is 6.77. The number of para-hydroxylation sites is 1. The van der Waals surface area contributed by atoms with Crippen LogP contribution < -0.4 is 5.32 Å². The van der Waals surface area contributed by atoms with Gasteiger partial charge in [-0.3, -0.25) is 14.5 Å². The fraction of sp³-hybridized carbons (Fsp3) is 0.474. The van der Waals surface area contributed by atoms with Crippen LogP contribution in [0.15, 0.2) is 34.7 Å². The summed E-state index contributed by atoms with van der Waals surface area (Å²) in [6.45, 7) is 4.88. The van der Waals surface area contributed by atoms with Gasteiger partial charge in [0.1, 0.15) is 11.3 Å². The van der Waals surface area contributed by atoms with Gasteiger partial charge >= 0.3 is 5.97 Å². The monoisotopic (exact) mass is 344 g/mol. The number of rotatable bonds is 5. The molecule has 0 saturated carbocycles. The zero-order valence-electron chi connectivity index (χ0n) is 14.6. The van der Waals surface area contributed by atoms with Crippen molar-refractivity contribution in [2.24, 2.45) is 5.92 Å². The molecular weight excluding hydrogens is 320 g/mol. The molecule has 0 spiro atoms. The summed E-state index contributed by atoms with van der Waals surface area (Å²) < 4.78 is 5.80. The van der Waals surface area contributed by atoms with Crippen molar-refractivity contribution >= 4 is 22.8 Å². The molecule has 1 saturated heterocycles. The van der Waals surface area contributed by atoms with Gasteiger partial charge in [0, 0.05) is 11.9 Å². The highest BCUT2D eigenvalue weighted by Crippen LogP contribution is 2.24. The Morgan fingerprint density at radius 2 is 2.08 bits per heavy atom. The van der Waals surface area contributed by atoms with Crippen molar-refractivity contribution in [3.05, 3.63) is 36.1 Å². The van der Waals surface area contributed by atoms with Crippen molar-refractivity contribution in [1.29, 1.82) is 0 Å². The van der Waals surface area contributed by atoms with Gasteiger partial charge in [0.25, 0.3) is 0 Å². The van der Waals surface area contributed by atoms with Gasteiger partial charge in [-0.1, -0.05) is 18.2 Å². The molecule has 1 amide bonds. The maximum absolute atomic E-state index is 12.6. The molecule has 0 aliphatic carbocycles. The molecule has 2 N–H and O–H groups in total. The van der Waals surface area contributed by atoms with Crippen LogP contribution >= 0.6 is 0 Å². The summed E-state index contributed by atoms with van der Waals surface area (Å²) in [6, 6.07) is 9.05. The summed E-state index contributed by atoms with van der Waals surface area (Å²) in [7, 11) is 0. The minimum absolute atomic E-state index is 0.112. The van der Waals surface area contributed by atoms with Gasteiger partial charge in [0.15, 0.2) is 0 Å². The summed E-state index contributed by atoms with van der Waals surface area (Å²) in [5, 5.41) is 13.2. The highest BCUT2D eigenvalue weighted by atomic mass is 16.4. The van der Waals surface area contributed by atoms with E-state index in [1.54, 1.807) is 0 Å². The Kier molecular flexibility index (Phi) is 5.08. The molecule has 3 atom stereocenters. The Bertz CT molecular complexity index is 737. The molecule has 1 aliphatic heterocycles. The Morgan fingerprint density at radius 3 is 2.80 bits per heavy atom. The number of hydrogen-bond donors (Lipinski definition) is 2. The van der Waals surface area contributed by atoms with Crippen molar-refractivity contribution in [3.63, 3.8) is 0 Å². The van der Waals surface area contributed by atoms with Crippen LogP contribution in [-0.2, 0) is 9.59 Å². The number of aliphatic carboxylic acids is 1. The minimum Gasteiger partial charge on any atom is -0.481 e. The van der Waals surface area contributed by atoms with E-state index in [4.69, 9.17) is 4.42 Å². The van der Waals surface area contributed by atoms with Crippen LogP contribution in [0, 0.1) is 5.92 Å². The first-order chi connectivity index (χ1) is 12.0. The minimum atomic E-state index is -0.784. The van der Waals surface area contributed by atoms with Crippen molar-refractivity contribution in [2.45, 2.75) is 38.8 Å². The first-order valence-corrected chi connectivity index (χ1v) is 8.71. The molecule has 2 heterocycles. The third-order valence-corrected chi connectivity index (χ3v) is 4.96. The maximum Gasteiger partial charge on any atom is 0.307 e. The smallest absolute Gasteiger partial charge is 0.307 e. The SMILES string of the molecule is CC(NC(=O)C(C)N1CCCC(C(=O)O)C1)c1cc2ccccc2o1. The van der Waals surface area contributed by atoms with E-state index in [0.29, 0.717) is 18.7 Å². The molecule has 134 valence electrons. The van der Waals surface area contributed by atoms with Crippen LogP contribution in [-0.4, -0.2) is 41.0 Å². The van der Waals surface area contributed by atoms with E-state index in [9.17, 15) is 14.7 Å². The zero-order chi connectivity index (χ0) is 18.0. The number of likely N-dealkylation sites (tertiary alicyclic amines) is 1. The Morgan fingerprint density at radius 1 is 1.32 bits per heavy atom. The molecule has 1 aromatic carbocycles. The van der Waals surface area contributed by atoms with Gasteiger partial charge < -0.3 is 14.8 Å². The first kappa shape index (κ1) is 17.5. The van der Waals surface area contributed by atoms with E-state index in [2.05, 4.69) is 5.32 Å². The van der Waals surface area contributed by atoms with E-state index >= 15 is 0 Å². The number of fused-ring (bicyclic) bond motifs is 1. The van der Waals surface area contributed by atoms with Crippen LogP contribution in [0.5, 0.6) is 0 Å². The van der Waals surface area contributed by atoms with Gasteiger partial charge in [-0.25, -0.2) is 0 Å². The standard InChI is InChI=1S/C19H24N2O4/c1-12(17-10-14-6-3-4-8-16(14)25-17)20-18(22)13(2)21-9-5-7-15(11-21)19(23)24/h3-4,6,8,10,12-13,15H,5,7,9,11H2,1-2H3,(H,20,22)(H,23,24). The van der Waals surface area contributed by atoms with Crippen LogP contribution in [0.25, 0.3) is 11.0 Å². The molecular formula is C19H24N2O4. The van der Waals surface area contributed by atoms with Crippen LogP contribution in [0.1, 0.15) is 38.5 Å². The summed E-state index contributed by atoms with van der Waals surface area (Å²) in [6.07, 6.45) is 1.48. The normalized spacial score (nSPS) is 21.0. The molecule has 2 aromatic rings. The predicted octanol–water partition coefficient (Wildman–Crippen LogP) is 2.80. The Balaban J connectivity index is 1.63. The number of carbonyl (C=O) groups is 2. The Hall–Kier alpha value is -2.34. The number of carboxylic acids is 1. The van der Waals surface area contributed by atoms with Crippen molar-refractivity contribution in [3.8, 4) is 0 Å². The fourth-order valence-electron chi connectivity index (χ4n) is 3.35. The molecule has 25 heavy (non-hydrogen) atoms. The average molecular weight is 344 g/mol. The topological polar surface area (TPSA) is 82.8 Å². The molecule has 0 bridgehead atoms. The number of nitrogens with one attached hydrogen (secondary N) is 1. The van der Waals surface area contributed by atoms with E-state index in [-0.39, 0.29) is 18.0 Å². The highest BCUT2D eigenvalue weighted by Gasteiger charge is 2.31. The summed E-state index contributed by atoms with van der Waals surface area (Å²) in [5.74, 6) is -0.576. The van der Waals surface area contributed by atoms with E-state index in [0.717, 1.165) is 23.9 Å². The predicted molar refractivity (Wildman–Crippen MR) is 94.2 cm³/mol. The number of hydrogen-bond acceptors (Lipinski definition) is 4. The largest absolute Gasteiger partial charge is 0.481 e. The number of benzene rings is 1. The van der Waals surface area contributed by atoms with Crippen LogP contribution in [0.4, 0.5) is 0 Å². The molecule has 1 aromatic heterocycles. The number of nitrogens with zero attached hydrogens (tertiary/aromatic N) is 1. The van der Waals surface area contributed by atoms with Gasteiger partial charge in [-0.2, -0.15) is 0 Å². The molecule has 1 aliphatic rings. The number of carbonyl (C=O) groups excluding carboxylic acids is 1. The number of amides is 1. The maximum atomic E-state index is 12.6. The zero-order valence-corrected chi connectivity index (χ0v) is 14.6. The second kappa shape index (κ2) is 7.27. The van der Waals surface area contributed by atoms with Crippen LogP contribution in [0.2, 0.25) is 0 Å². The summed E-state index contributed by atoms with van der Waals surface area (Å²) in [4.78, 5) is 25.7. The average Bonchev–Trinajstić information content (AvgIpc) is 3.05. The second-order valence-corrected chi connectivity index (χ2v) is 6.77. The van der Waals surface area contributed by atoms with Gasteiger partial charge in [0.05, 0.1) is 18.0 Å². The first-order valence-electron chi connectivity index (χ1n) is 8.71. The van der Waals surface area contributed by atoms with Gasteiger partial charge in [-0.15, -0.1) is 0 Å². The van der Waals surface area contributed by atoms with Crippen LogP contribution in [0.3, 0.4) is 0 Å². The third-order valence-electron chi connectivity index (χ3n) is 4.96. The van der Waals surface area contributed by atoms with Crippen molar-refractivity contribution in [1.82, 2.24) is 10.2 Å². The molecule has 1 fully saturated rings. The van der Waals surface area contributed by atoms with Gasteiger partial charge in [0.2, 0.25) is 5.91 Å². The van der Waals surface area contributed by atoms with Gasteiger partial charge in [-0.05, 0) is 45.4 Å². The quantitative estimate of drug-likeness (QED) is 0.871. The molecule has 3 unspecified atom stereocenters. The van der Waals surface area contributed by atoms with Crippen molar-refractivity contribution < 1.29 is 19.1 Å². The van der Waals surface area contributed by atoms with Crippen molar-refractivity contribution in [2.75, 3.05) is 13.1 Å². The molecule has 3 rings (SSSR count).